The number of hydrogen-bond acceptors (Lipinski definition) is 2. The zero-order valence-corrected chi connectivity index (χ0v) is 13.0. The van der Waals surface area contributed by atoms with Crippen LogP contribution in [0.5, 0.6) is 0 Å². The SMILES string of the molecule is Cc1cccc(C(=O)NCCc2cn3cc(Cl)ccc3n2)c1. The Kier molecular flexibility index (Phi) is 4.11. The number of nitrogens with zero attached hydrogens (tertiary/aromatic N) is 2. The van der Waals surface area contributed by atoms with Gasteiger partial charge >= 0.3 is 0 Å². The molecule has 0 aliphatic carbocycles. The van der Waals surface area contributed by atoms with Crippen LogP contribution in [0.4, 0.5) is 0 Å². The van der Waals surface area contributed by atoms with Gasteiger partial charge in [0.05, 0.1) is 10.7 Å². The lowest BCUT2D eigenvalue weighted by Gasteiger charge is -2.04. The first-order valence-corrected chi connectivity index (χ1v) is 7.47. The predicted molar refractivity (Wildman–Crippen MR) is 87.4 cm³/mol. The maximum absolute atomic E-state index is 12.0. The molecule has 1 N–H and O–H groups in total. The number of benzene rings is 1. The fourth-order valence-corrected chi connectivity index (χ4v) is 2.50. The molecule has 22 heavy (non-hydrogen) atoms. The van der Waals surface area contributed by atoms with Crippen molar-refractivity contribution in [3.8, 4) is 0 Å². The molecule has 0 aliphatic rings. The molecule has 5 heteroatoms. The zero-order chi connectivity index (χ0) is 15.5. The molecule has 0 saturated heterocycles. The van der Waals surface area contributed by atoms with Crippen LogP contribution in [0.25, 0.3) is 5.65 Å². The van der Waals surface area contributed by atoms with Crippen LogP contribution in [-0.4, -0.2) is 21.8 Å². The molecule has 0 atom stereocenters. The smallest absolute Gasteiger partial charge is 0.251 e. The number of pyridine rings is 1. The second-order valence-electron chi connectivity index (χ2n) is 5.22. The number of carbonyl (C=O) groups excluding carboxylic acids is 1. The summed E-state index contributed by atoms with van der Waals surface area (Å²) in [5.74, 6) is -0.0597. The minimum absolute atomic E-state index is 0.0597. The zero-order valence-electron chi connectivity index (χ0n) is 12.2. The number of aryl methyl sites for hydroxylation is 1. The van der Waals surface area contributed by atoms with Gasteiger partial charge in [0.15, 0.2) is 0 Å². The van der Waals surface area contributed by atoms with E-state index >= 15 is 0 Å². The Hall–Kier alpha value is -2.33. The molecule has 0 bridgehead atoms. The number of fused-ring (bicyclic) bond motifs is 1. The van der Waals surface area contributed by atoms with E-state index in [0.717, 1.165) is 16.9 Å². The van der Waals surface area contributed by atoms with Crippen LogP contribution in [-0.2, 0) is 6.42 Å². The number of rotatable bonds is 4. The van der Waals surface area contributed by atoms with E-state index in [-0.39, 0.29) is 5.91 Å². The van der Waals surface area contributed by atoms with Crippen LogP contribution >= 0.6 is 11.6 Å². The number of nitrogens with one attached hydrogen (secondary N) is 1. The van der Waals surface area contributed by atoms with Gasteiger partial charge in [0, 0.05) is 30.9 Å². The van der Waals surface area contributed by atoms with Crippen LogP contribution in [0.3, 0.4) is 0 Å². The quantitative estimate of drug-likeness (QED) is 0.803. The summed E-state index contributed by atoms with van der Waals surface area (Å²) in [6.07, 6.45) is 4.43. The van der Waals surface area contributed by atoms with Crippen molar-refractivity contribution in [1.82, 2.24) is 14.7 Å². The molecule has 1 aromatic carbocycles. The van der Waals surface area contributed by atoms with Crippen LogP contribution in [0.15, 0.2) is 48.8 Å². The highest BCUT2D eigenvalue weighted by Crippen LogP contribution is 2.12. The molecule has 2 aromatic heterocycles. The minimum Gasteiger partial charge on any atom is -0.352 e. The molecule has 0 saturated carbocycles. The summed E-state index contributed by atoms with van der Waals surface area (Å²) in [5.41, 5.74) is 3.53. The number of halogens is 1. The van der Waals surface area contributed by atoms with E-state index in [2.05, 4.69) is 10.3 Å². The summed E-state index contributed by atoms with van der Waals surface area (Å²) in [6.45, 7) is 2.52. The van der Waals surface area contributed by atoms with E-state index in [1.165, 1.54) is 0 Å². The molecule has 4 nitrogen and oxygen atoms in total. The van der Waals surface area contributed by atoms with Gasteiger partial charge in [-0.3, -0.25) is 4.79 Å². The third-order valence-corrected chi connectivity index (χ3v) is 3.64. The highest BCUT2D eigenvalue weighted by Gasteiger charge is 2.06. The van der Waals surface area contributed by atoms with Crippen molar-refractivity contribution >= 4 is 23.2 Å². The van der Waals surface area contributed by atoms with Crippen molar-refractivity contribution in [1.29, 1.82) is 0 Å². The van der Waals surface area contributed by atoms with Gasteiger partial charge < -0.3 is 9.72 Å². The molecule has 2 heterocycles. The van der Waals surface area contributed by atoms with Gasteiger partial charge in [0.25, 0.3) is 5.91 Å². The summed E-state index contributed by atoms with van der Waals surface area (Å²) in [4.78, 5) is 16.5. The maximum atomic E-state index is 12.0. The normalized spacial score (nSPS) is 10.8. The monoisotopic (exact) mass is 313 g/mol. The number of hydrogen-bond donors (Lipinski definition) is 1. The third-order valence-electron chi connectivity index (χ3n) is 3.41. The summed E-state index contributed by atoms with van der Waals surface area (Å²) < 4.78 is 1.89. The first kappa shape index (κ1) is 14.6. The second kappa shape index (κ2) is 6.20. The van der Waals surface area contributed by atoms with E-state index in [4.69, 9.17) is 11.6 Å². The fourth-order valence-electron chi connectivity index (χ4n) is 2.33. The number of carbonyl (C=O) groups is 1. The number of aromatic nitrogens is 2. The van der Waals surface area contributed by atoms with E-state index < -0.39 is 0 Å². The Bertz CT molecular complexity index is 826. The minimum atomic E-state index is -0.0597. The highest BCUT2D eigenvalue weighted by molar-refractivity contribution is 6.30. The lowest BCUT2D eigenvalue weighted by molar-refractivity contribution is 0.0954. The molecule has 3 rings (SSSR count). The molecule has 0 fully saturated rings. The van der Waals surface area contributed by atoms with E-state index in [9.17, 15) is 4.79 Å². The van der Waals surface area contributed by atoms with Crippen LogP contribution in [0, 0.1) is 6.92 Å². The van der Waals surface area contributed by atoms with Crippen molar-refractivity contribution in [3.63, 3.8) is 0 Å². The van der Waals surface area contributed by atoms with E-state index in [1.54, 1.807) is 0 Å². The van der Waals surface area contributed by atoms with Crippen molar-refractivity contribution in [2.24, 2.45) is 0 Å². The lowest BCUT2D eigenvalue weighted by atomic mass is 10.1. The number of imidazole rings is 1. The van der Waals surface area contributed by atoms with Crippen molar-refractivity contribution in [3.05, 3.63) is 70.6 Å². The number of amides is 1. The Morgan fingerprint density at radius 3 is 2.95 bits per heavy atom. The summed E-state index contributed by atoms with van der Waals surface area (Å²) in [5, 5.41) is 3.59. The highest BCUT2D eigenvalue weighted by atomic mass is 35.5. The molecule has 3 aromatic rings. The second-order valence-corrected chi connectivity index (χ2v) is 5.66. The van der Waals surface area contributed by atoms with Crippen LogP contribution < -0.4 is 5.32 Å². The molecule has 1 amide bonds. The topological polar surface area (TPSA) is 46.4 Å². The van der Waals surface area contributed by atoms with Crippen LogP contribution in [0.1, 0.15) is 21.6 Å². The lowest BCUT2D eigenvalue weighted by Crippen LogP contribution is -2.25. The van der Waals surface area contributed by atoms with Gasteiger partial charge in [-0.25, -0.2) is 4.98 Å². The molecule has 112 valence electrons. The first-order valence-electron chi connectivity index (χ1n) is 7.10. The third kappa shape index (κ3) is 3.28. The van der Waals surface area contributed by atoms with Gasteiger partial charge in [-0.2, -0.15) is 0 Å². The van der Waals surface area contributed by atoms with E-state index in [0.29, 0.717) is 23.6 Å². The van der Waals surface area contributed by atoms with Crippen molar-refractivity contribution < 1.29 is 4.79 Å². The summed E-state index contributed by atoms with van der Waals surface area (Å²) in [7, 11) is 0. The van der Waals surface area contributed by atoms with Gasteiger partial charge in [-0.05, 0) is 31.2 Å². The Labute approximate surface area is 133 Å². The summed E-state index contributed by atoms with van der Waals surface area (Å²) >= 11 is 5.95. The standard InChI is InChI=1S/C17H16ClN3O/c1-12-3-2-4-13(9-12)17(22)19-8-7-15-11-21-10-14(18)5-6-16(21)20-15/h2-6,9-11H,7-8H2,1H3,(H,19,22). The predicted octanol–water partition coefficient (Wildman–Crippen LogP) is 3.27. The van der Waals surface area contributed by atoms with E-state index in [1.807, 2.05) is 60.1 Å². The molecule has 0 radical (unpaired) electrons. The van der Waals surface area contributed by atoms with Gasteiger partial charge in [0.1, 0.15) is 5.65 Å². The van der Waals surface area contributed by atoms with Crippen LogP contribution in [0.2, 0.25) is 5.02 Å². The Morgan fingerprint density at radius 1 is 1.27 bits per heavy atom. The molecular weight excluding hydrogens is 298 g/mol. The van der Waals surface area contributed by atoms with Gasteiger partial charge in [-0.15, -0.1) is 0 Å². The molecular formula is C17H16ClN3O. The van der Waals surface area contributed by atoms with Crippen molar-refractivity contribution in [2.75, 3.05) is 6.54 Å². The molecule has 0 unspecified atom stereocenters. The average Bonchev–Trinajstić information content (AvgIpc) is 2.89. The first-order chi connectivity index (χ1) is 10.6. The Morgan fingerprint density at radius 2 is 2.14 bits per heavy atom. The maximum Gasteiger partial charge on any atom is 0.251 e. The fraction of sp³-hybridized carbons (Fsp3) is 0.176. The average molecular weight is 314 g/mol. The summed E-state index contributed by atoms with van der Waals surface area (Å²) in [6, 6.07) is 11.2. The molecule has 0 aliphatic heterocycles. The van der Waals surface area contributed by atoms with Crippen molar-refractivity contribution in [2.45, 2.75) is 13.3 Å². The molecule has 0 spiro atoms. The van der Waals surface area contributed by atoms with Gasteiger partial charge in [-0.1, -0.05) is 29.3 Å². The largest absolute Gasteiger partial charge is 0.352 e. The van der Waals surface area contributed by atoms with Gasteiger partial charge in [0.2, 0.25) is 0 Å². The Balaban J connectivity index is 1.61.